The van der Waals surface area contributed by atoms with Gasteiger partial charge in [0, 0.05) is 28.4 Å². The summed E-state index contributed by atoms with van der Waals surface area (Å²) in [4.78, 5) is 55.3. The molecule has 0 aliphatic carbocycles. The van der Waals surface area contributed by atoms with Crippen molar-refractivity contribution in [1.29, 1.82) is 0 Å². The molecule has 3 saturated heterocycles. The van der Waals surface area contributed by atoms with E-state index in [1.165, 1.54) is 25.1 Å². The van der Waals surface area contributed by atoms with Crippen LogP contribution in [0.3, 0.4) is 0 Å². The lowest BCUT2D eigenvalue weighted by Crippen LogP contribution is -2.54. The van der Waals surface area contributed by atoms with Gasteiger partial charge in [0.2, 0.25) is 17.7 Å². The number of anilines is 2. The first-order valence-electron chi connectivity index (χ1n) is 10.8. The molecule has 3 fully saturated rings. The van der Waals surface area contributed by atoms with Crippen molar-refractivity contribution in [3.05, 3.63) is 62.7 Å². The van der Waals surface area contributed by atoms with E-state index in [4.69, 9.17) is 11.6 Å². The minimum Gasteiger partial charge on any atom is -0.324 e. The zero-order valence-electron chi connectivity index (χ0n) is 17.6. The number of nitro groups is 1. The van der Waals surface area contributed by atoms with Gasteiger partial charge in [0.25, 0.3) is 5.69 Å². The zero-order chi connectivity index (χ0) is 23.2. The standard InChI is InChI=1S/C23H19ClN4O5/c1-11-15(4-2-5-16(11)28(32)33)27-20(29)18-17-6-3-9-26(17)23(19(18)21(27)30)13-10-12(24)7-8-14(13)25-22(23)31/h2,4-5,7-8,10,17-19H,3,6,9H2,1H3,(H,25,31)/t17-,18+,19+,23-/m0/s1. The van der Waals surface area contributed by atoms with E-state index in [2.05, 4.69) is 5.32 Å². The maximum Gasteiger partial charge on any atom is 0.274 e. The number of nitrogens with one attached hydrogen (secondary N) is 1. The molecule has 4 aliphatic rings. The first kappa shape index (κ1) is 20.3. The zero-order valence-corrected chi connectivity index (χ0v) is 18.3. The molecular weight excluding hydrogens is 448 g/mol. The molecule has 0 unspecified atom stereocenters. The van der Waals surface area contributed by atoms with Crippen molar-refractivity contribution in [2.45, 2.75) is 31.3 Å². The number of hydrogen-bond acceptors (Lipinski definition) is 6. The molecule has 1 spiro atoms. The molecule has 3 amide bonds. The Hall–Kier alpha value is -3.30. The van der Waals surface area contributed by atoms with Crippen molar-refractivity contribution in [3.63, 3.8) is 0 Å². The van der Waals surface area contributed by atoms with E-state index < -0.39 is 34.1 Å². The van der Waals surface area contributed by atoms with Gasteiger partial charge in [-0.1, -0.05) is 17.7 Å². The van der Waals surface area contributed by atoms with Crippen molar-refractivity contribution >= 4 is 46.4 Å². The van der Waals surface area contributed by atoms with Crippen LogP contribution >= 0.6 is 11.6 Å². The predicted molar refractivity (Wildman–Crippen MR) is 119 cm³/mol. The van der Waals surface area contributed by atoms with Crippen LogP contribution in [0.25, 0.3) is 0 Å². The van der Waals surface area contributed by atoms with Gasteiger partial charge in [-0.2, -0.15) is 0 Å². The minimum absolute atomic E-state index is 0.168. The van der Waals surface area contributed by atoms with Gasteiger partial charge in [0.15, 0.2) is 0 Å². The number of carbonyl (C=O) groups excluding carboxylic acids is 3. The molecule has 6 rings (SSSR count). The highest BCUT2D eigenvalue weighted by Gasteiger charge is 2.74. The lowest BCUT2D eigenvalue weighted by atomic mass is 9.75. The van der Waals surface area contributed by atoms with Crippen LogP contribution in [0.4, 0.5) is 17.1 Å². The van der Waals surface area contributed by atoms with Crippen molar-refractivity contribution in [2.75, 3.05) is 16.8 Å². The molecule has 2 aromatic carbocycles. The van der Waals surface area contributed by atoms with Crippen LogP contribution in [-0.4, -0.2) is 40.1 Å². The minimum atomic E-state index is -1.33. The molecule has 4 aliphatic heterocycles. The Labute approximate surface area is 193 Å². The largest absolute Gasteiger partial charge is 0.324 e. The smallest absolute Gasteiger partial charge is 0.274 e. The van der Waals surface area contributed by atoms with E-state index in [0.717, 1.165) is 11.3 Å². The Bertz CT molecular complexity index is 1300. The highest BCUT2D eigenvalue weighted by molar-refractivity contribution is 6.31. The van der Waals surface area contributed by atoms with Crippen LogP contribution < -0.4 is 10.2 Å². The number of benzene rings is 2. The Balaban J connectivity index is 1.56. The maximum absolute atomic E-state index is 14.0. The summed E-state index contributed by atoms with van der Waals surface area (Å²) in [7, 11) is 0. The Morgan fingerprint density at radius 2 is 1.97 bits per heavy atom. The predicted octanol–water partition coefficient (Wildman–Crippen LogP) is 2.99. The highest BCUT2D eigenvalue weighted by atomic mass is 35.5. The SMILES string of the molecule is Cc1c(N2C(=O)[C@@H]3[C@@H]4CCCN4[C@]4(C(=O)Nc5ccc(Cl)cc54)[C@H]3C2=O)cccc1[N+](=O)[O-]. The number of nitrogens with zero attached hydrogens (tertiary/aromatic N) is 3. The van der Waals surface area contributed by atoms with E-state index in [1.807, 2.05) is 4.90 Å². The fourth-order valence-electron chi connectivity index (χ4n) is 6.46. The maximum atomic E-state index is 14.0. The monoisotopic (exact) mass is 466 g/mol. The summed E-state index contributed by atoms with van der Waals surface area (Å²) in [6.45, 7) is 2.12. The summed E-state index contributed by atoms with van der Waals surface area (Å²) in [5.41, 5.74) is 0.123. The molecule has 33 heavy (non-hydrogen) atoms. The molecule has 0 radical (unpaired) electrons. The van der Waals surface area contributed by atoms with Gasteiger partial charge in [-0.25, -0.2) is 4.90 Å². The van der Waals surface area contributed by atoms with E-state index in [9.17, 15) is 24.5 Å². The molecule has 9 nitrogen and oxygen atoms in total. The molecule has 0 saturated carbocycles. The Morgan fingerprint density at radius 3 is 2.73 bits per heavy atom. The van der Waals surface area contributed by atoms with E-state index in [0.29, 0.717) is 29.2 Å². The second-order valence-electron chi connectivity index (χ2n) is 9.01. The van der Waals surface area contributed by atoms with Crippen LogP contribution in [0, 0.1) is 28.9 Å². The number of rotatable bonds is 2. The fraction of sp³-hybridized carbons (Fsp3) is 0.348. The second kappa shape index (κ2) is 6.61. The lowest BCUT2D eigenvalue weighted by molar-refractivity contribution is -0.385. The van der Waals surface area contributed by atoms with Crippen LogP contribution in [0.2, 0.25) is 5.02 Å². The quantitative estimate of drug-likeness (QED) is 0.413. The van der Waals surface area contributed by atoms with E-state index in [1.54, 1.807) is 18.2 Å². The molecule has 168 valence electrons. The van der Waals surface area contributed by atoms with Crippen molar-refractivity contribution in [1.82, 2.24) is 4.90 Å². The Morgan fingerprint density at radius 1 is 1.18 bits per heavy atom. The van der Waals surface area contributed by atoms with Crippen molar-refractivity contribution in [2.24, 2.45) is 11.8 Å². The van der Waals surface area contributed by atoms with Crippen LogP contribution in [-0.2, 0) is 19.9 Å². The molecule has 4 heterocycles. The average Bonchev–Trinajstić information content (AvgIpc) is 3.47. The number of amides is 3. The third-order valence-electron chi connectivity index (χ3n) is 7.67. The normalized spacial score (nSPS) is 30.1. The molecule has 0 aromatic heterocycles. The number of carbonyl (C=O) groups is 3. The molecule has 2 aromatic rings. The molecular formula is C23H19ClN4O5. The number of imide groups is 1. The summed E-state index contributed by atoms with van der Waals surface area (Å²) in [5.74, 6) is -2.91. The third-order valence-corrected chi connectivity index (χ3v) is 7.90. The summed E-state index contributed by atoms with van der Waals surface area (Å²) < 4.78 is 0. The third kappa shape index (κ3) is 2.33. The molecule has 0 bridgehead atoms. The van der Waals surface area contributed by atoms with Gasteiger partial charge in [-0.3, -0.25) is 29.4 Å². The summed E-state index contributed by atoms with van der Waals surface area (Å²) in [6.07, 6.45) is 1.49. The van der Waals surface area contributed by atoms with Gasteiger partial charge in [0.1, 0.15) is 5.54 Å². The van der Waals surface area contributed by atoms with Gasteiger partial charge < -0.3 is 5.32 Å². The van der Waals surface area contributed by atoms with E-state index >= 15 is 0 Å². The van der Waals surface area contributed by atoms with Crippen LogP contribution in [0.5, 0.6) is 0 Å². The molecule has 10 heteroatoms. The fourth-order valence-corrected chi connectivity index (χ4v) is 6.64. The lowest BCUT2D eigenvalue weighted by Gasteiger charge is -2.36. The first-order valence-corrected chi connectivity index (χ1v) is 11.2. The molecule has 4 atom stereocenters. The van der Waals surface area contributed by atoms with Gasteiger partial charge in [-0.05, 0) is 50.6 Å². The van der Waals surface area contributed by atoms with Crippen molar-refractivity contribution in [3.8, 4) is 0 Å². The summed E-state index contributed by atoms with van der Waals surface area (Å²) in [6, 6.07) is 9.16. The van der Waals surface area contributed by atoms with Crippen LogP contribution in [0.15, 0.2) is 36.4 Å². The average molecular weight is 467 g/mol. The Kier molecular flexibility index (Phi) is 4.07. The molecule has 1 N–H and O–H groups in total. The topological polar surface area (TPSA) is 113 Å². The summed E-state index contributed by atoms with van der Waals surface area (Å²) in [5, 5.41) is 14.8. The van der Waals surface area contributed by atoms with Crippen molar-refractivity contribution < 1.29 is 19.3 Å². The number of hydrogen-bond donors (Lipinski definition) is 1. The number of nitro benzene ring substituents is 1. The van der Waals surface area contributed by atoms with Gasteiger partial charge >= 0.3 is 0 Å². The number of halogens is 1. The number of fused-ring (bicyclic) bond motifs is 7. The van der Waals surface area contributed by atoms with E-state index in [-0.39, 0.29) is 28.9 Å². The van der Waals surface area contributed by atoms with Gasteiger partial charge in [-0.15, -0.1) is 0 Å². The summed E-state index contributed by atoms with van der Waals surface area (Å²) >= 11 is 6.29. The van der Waals surface area contributed by atoms with Gasteiger partial charge in [0.05, 0.1) is 28.0 Å². The first-order chi connectivity index (χ1) is 15.8. The highest BCUT2D eigenvalue weighted by Crippen LogP contribution is 2.61. The second-order valence-corrected chi connectivity index (χ2v) is 9.44. The van der Waals surface area contributed by atoms with Crippen LogP contribution in [0.1, 0.15) is 24.0 Å².